The van der Waals surface area contributed by atoms with Gasteiger partial charge in [0.05, 0.1) is 44.9 Å². The third-order valence-electron chi connectivity index (χ3n) is 5.42. The first-order valence-electron chi connectivity index (χ1n) is 11.5. The minimum atomic E-state index is -0.491. The molecule has 1 heterocycles. The number of hydrogen-bond donors (Lipinski definition) is 0. The number of esters is 1. The van der Waals surface area contributed by atoms with Crippen molar-refractivity contribution >= 4 is 12.3 Å². The van der Waals surface area contributed by atoms with Crippen LogP contribution in [0, 0.1) is 0 Å². The molecule has 0 amide bonds. The molecule has 0 bridgehead atoms. The third kappa shape index (κ3) is 8.41. The van der Waals surface area contributed by atoms with Gasteiger partial charge in [0.25, 0.3) is 0 Å². The summed E-state index contributed by atoms with van der Waals surface area (Å²) in [4.78, 5) is 22.9. The fourth-order valence-corrected chi connectivity index (χ4v) is 3.73. The molecule has 0 aromatic heterocycles. The van der Waals surface area contributed by atoms with Crippen LogP contribution in [0.3, 0.4) is 0 Å². The molecule has 182 valence electrons. The van der Waals surface area contributed by atoms with Gasteiger partial charge in [-0.25, -0.2) is 4.79 Å². The van der Waals surface area contributed by atoms with E-state index in [1.54, 1.807) is 6.92 Å². The fourth-order valence-electron chi connectivity index (χ4n) is 3.73. The van der Waals surface area contributed by atoms with Crippen molar-refractivity contribution in [3.05, 3.63) is 84.1 Å². The van der Waals surface area contributed by atoms with E-state index in [4.69, 9.17) is 23.7 Å². The minimum Gasteiger partial charge on any atom is -0.495 e. The Morgan fingerprint density at radius 2 is 1.65 bits per heavy atom. The number of ether oxygens (including phenoxy) is 5. The quantitative estimate of drug-likeness (QED) is 0.190. The molecule has 1 aliphatic heterocycles. The molecular weight excluding hydrogens is 436 g/mol. The van der Waals surface area contributed by atoms with Gasteiger partial charge >= 0.3 is 5.97 Å². The first kappa shape index (κ1) is 25.6. The van der Waals surface area contributed by atoms with Gasteiger partial charge in [-0.3, -0.25) is 0 Å². The van der Waals surface area contributed by atoms with Crippen molar-refractivity contribution in [3.8, 4) is 0 Å². The SMILES string of the molecule is CCOC(=O)/C=C/O[C@@H]1C[C@H](OCc2ccccc2)[C@@H](COCc2ccccc2)O[C@H]1CC=O. The van der Waals surface area contributed by atoms with E-state index in [9.17, 15) is 9.59 Å². The number of hydrogen-bond acceptors (Lipinski definition) is 7. The topological polar surface area (TPSA) is 80.3 Å². The third-order valence-corrected chi connectivity index (χ3v) is 5.42. The minimum absolute atomic E-state index is 0.165. The Labute approximate surface area is 200 Å². The summed E-state index contributed by atoms with van der Waals surface area (Å²) in [5, 5.41) is 0. The lowest BCUT2D eigenvalue weighted by Gasteiger charge is -2.40. The van der Waals surface area contributed by atoms with Crippen LogP contribution in [0.2, 0.25) is 0 Å². The second kappa shape index (κ2) is 14.3. The standard InChI is InChI=1S/C27H32O7/c1-2-31-27(29)14-16-32-24-17-25(33-19-22-11-7-4-8-12-22)26(34-23(24)13-15-28)20-30-18-21-9-5-3-6-10-21/h3-12,14-16,23-26H,2,13,17-20H2,1H3/b16-14+/t23-,24+,25-,26+/m0/s1. The summed E-state index contributed by atoms with van der Waals surface area (Å²) < 4.78 is 29.0. The molecule has 4 atom stereocenters. The highest BCUT2D eigenvalue weighted by Crippen LogP contribution is 2.28. The summed E-state index contributed by atoms with van der Waals surface area (Å²) in [5.41, 5.74) is 2.11. The molecule has 0 aliphatic carbocycles. The molecule has 1 saturated heterocycles. The molecule has 1 aliphatic rings. The van der Waals surface area contributed by atoms with Gasteiger partial charge in [-0.1, -0.05) is 60.7 Å². The highest BCUT2D eigenvalue weighted by atomic mass is 16.6. The van der Waals surface area contributed by atoms with Crippen molar-refractivity contribution in [2.45, 2.75) is 57.4 Å². The fraction of sp³-hybridized carbons (Fsp3) is 0.407. The van der Waals surface area contributed by atoms with Crippen molar-refractivity contribution in [3.63, 3.8) is 0 Å². The maximum Gasteiger partial charge on any atom is 0.333 e. The van der Waals surface area contributed by atoms with E-state index in [2.05, 4.69) is 0 Å². The van der Waals surface area contributed by atoms with Crippen LogP contribution in [-0.2, 0) is 46.5 Å². The Bertz CT molecular complexity index is 884. The Morgan fingerprint density at radius 3 is 2.29 bits per heavy atom. The van der Waals surface area contributed by atoms with Gasteiger partial charge in [0.1, 0.15) is 24.6 Å². The smallest absolute Gasteiger partial charge is 0.333 e. The lowest BCUT2D eigenvalue weighted by Crippen LogP contribution is -2.50. The van der Waals surface area contributed by atoms with Gasteiger partial charge in [0.15, 0.2) is 0 Å². The predicted octanol–water partition coefficient (Wildman–Crippen LogP) is 4.00. The summed E-state index contributed by atoms with van der Waals surface area (Å²) in [5.74, 6) is -0.491. The van der Waals surface area contributed by atoms with Crippen LogP contribution in [0.5, 0.6) is 0 Å². The van der Waals surface area contributed by atoms with Crippen molar-refractivity contribution in [1.82, 2.24) is 0 Å². The van der Waals surface area contributed by atoms with E-state index in [-0.39, 0.29) is 25.2 Å². The molecule has 0 N–H and O–H groups in total. The van der Waals surface area contributed by atoms with Crippen molar-refractivity contribution in [2.24, 2.45) is 0 Å². The van der Waals surface area contributed by atoms with Crippen molar-refractivity contribution < 1.29 is 33.3 Å². The molecule has 0 unspecified atom stereocenters. The number of carbonyl (C=O) groups is 2. The molecule has 1 fully saturated rings. The molecule has 7 heteroatoms. The highest BCUT2D eigenvalue weighted by Gasteiger charge is 2.39. The Hall–Kier alpha value is -3.00. The first-order chi connectivity index (χ1) is 16.7. The van der Waals surface area contributed by atoms with E-state index in [1.807, 2.05) is 60.7 Å². The van der Waals surface area contributed by atoms with Crippen LogP contribution in [0.15, 0.2) is 73.0 Å². The second-order valence-electron chi connectivity index (χ2n) is 7.92. The van der Waals surface area contributed by atoms with Crippen LogP contribution in [0.25, 0.3) is 0 Å². The van der Waals surface area contributed by atoms with Crippen molar-refractivity contribution in [2.75, 3.05) is 13.2 Å². The monoisotopic (exact) mass is 468 g/mol. The van der Waals surface area contributed by atoms with Gasteiger partial charge in [0, 0.05) is 12.8 Å². The van der Waals surface area contributed by atoms with Crippen molar-refractivity contribution in [1.29, 1.82) is 0 Å². The van der Waals surface area contributed by atoms with E-state index < -0.39 is 18.2 Å². The van der Waals surface area contributed by atoms with Crippen LogP contribution in [0.1, 0.15) is 30.9 Å². The summed E-state index contributed by atoms with van der Waals surface area (Å²) >= 11 is 0. The van der Waals surface area contributed by atoms with Gasteiger partial charge in [-0.2, -0.15) is 0 Å². The maximum atomic E-state index is 11.6. The molecule has 0 saturated carbocycles. The lowest BCUT2D eigenvalue weighted by atomic mass is 9.96. The lowest BCUT2D eigenvalue weighted by molar-refractivity contribution is -0.203. The van der Waals surface area contributed by atoms with E-state index in [1.165, 1.54) is 12.3 Å². The molecule has 3 rings (SSSR count). The number of carbonyl (C=O) groups excluding carboxylic acids is 2. The van der Waals surface area contributed by atoms with Gasteiger partial charge < -0.3 is 28.5 Å². The summed E-state index contributed by atoms with van der Waals surface area (Å²) in [6.45, 7) is 3.19. The number of aldehydes is 1. The van der Waals surface area contributed by atoms with E-state index >= 15 is 0 Å². The zero-order valence-corrected chi connectivity index (χ0v) is 19.4. The second-order valence-corrected chi connectivity index (χ2v) is 7.92. The highest BCUT2D eigenvalue weighted by molar-refractivity contribution is 5.81. The molecular formula is C27H32O7. The van der Waals surface area contributed by atoms with E-state index in [0.29, 0.717) is 26.2 Å². The summed E-state index contributed by atoms with van der Waals surface area (Å²) in [7, 11) is 0. The van der Waals surface area contributed by atoms with Gasteiger partial charge in [0.2, 0.25) is 0 Å². The van der Waals surface area contributed by atoms with Gasteiger partial charge in [-0.15, -0.1) is 0 Å². The average Bonchev–Trinajstić information content (AvgIpc) is 2.86. The van der Waals surface area contributed by atoms with Crippen LogP contribution < -0.4 is 0 Å². The van der Waals surface area contributed by atoms with Crippen LogP contribution in [0.4, 0.5) is 0 Å². The zero-order chi connectivity index (χ0) is 24.0. The number of rotatable bonds is 13. The molecule has 7 nitrogen and oxygen atoms in total. The molecule has 2 aromatic carbocycles. The predicted molar refractivity (Wildman–Crippen MR) is 126 cm³/mol. The maximum absolute atomic E-state index is 11.6. The first-order valence-corrected chi connectivity index (χ1v) is 11.5. The van der Waals surface area contributed by atoms with E-state index in [0.717, 1.165) is 17.4 Å². The summed E-state index contributed by atoms with van der Waals surface area (Å²) in [6, 6.07) is 19.8. The Morgan fingerprint density at radius 1 is 0.971 bits per heavy atom. The van der Waals surface area contributed by atoms with Crippen LogP contribution in [-0.4, -0.2) is 49.9 Å². The largest absolute Gasteiger partial charge is 0.495 e. The normalized spacial score (nSPS) is 22.4. The summed E-state index contributed by atoms with van der Waals surface area (Å²) in [6.07, 6.45) is 2.35. The zero-order valence-electron chi connectivity index (χ0n) is 19.4. The molecule has 0 spiro atoms. The van der Waals surface area contributed by atoms with Crippen LogP contribution >= 0.6 is 0 Å². The average molecular weight is 469 g/mol. The van der Waals surface area contributed by atoms with Gasteiger partial charge in [-0.05, 0) is 18.1 Å². The molecule has 2 aromatic rings. The number of benzene rings is 2. The molecule has 0 radical (unpaired) electrons. The molecule has 34 heavy (non-hydrogen) atoms. The Kier molecular flexibility index (Phi) is 10.8. The Balaban J connectivity index is 1.65.